The number of aromatic nitrogens is 1. The van der Waals surface area contributed by atoms with Gasteiger partial charge in [-0.1, -0.05) is 38.3 Å². The van der Waals surface area contributed by atoms with Crippen LogP contribution in [0.25, 0.3) is 0 Å². The van der Waals surface area contributed by atoms with Gasteiger partial charge >= 0.3 is 0 Å². The minimum absolute atomic E-state index is 0.0257. The lowest BCUT2D eigenvalue weighted by Crippen LogP contribution is -2.47. The molecule has 0 spiro atoms. The van der Waals surface area contributed by atoms with Crippen molar-refractivity contribution >= 4 is 11.8 Å². The molecule has 1 heterocycles. The van der Waals surface area contributed by atoms with Crippen molar-refractivity contribution in [1.82, 2.24) is 14.4 Å². The van der Waals surface area contributed by atoms with E-state index in [9.17, 15) is 14.0 Å². The summed E-state index contributed by atoms with van der Waals surface area (Å²) in [5.74, 6) is -0.169. The molecule has 1 aromatic carbocycles. The molecule has 0 unspecified atom stereocenters. The second-order valence-corrected chi connectivity index (χ2v) is 8.73. The van der Waals surface area contributed by atoms with E-state index in [1.165, 1.54) is 18.6 Å². The van der Waals surface area contributed by atoms with Gasteiger partial charge in [0.05, 0.1) is 13.1 Å². The van der Waals surface area contributed by atoms with Crippen LogP contribution in [0.15, 0.2) is 42.6 Å². The zero-order chi connectivity index (χ0) is 22.9. The van der Waals surface area contributed by atoms with Crippen molar-refractivity contribution in [2.75, 3.05) is 13.1 Å². The van der Waals surface area contributed by atoms with Gasteiger partial charge < -0.3 is 14.4 Å². The fraction of sp³-hybridized carbons (Fsp3) is 0.538. The number of benzene rings is 1. The molecule has 0 saturated heterocycles. The number of hydrogen-bond donors (Lipinski definition) is 0. The third kappa shape index (κ3) is 6.44. The predicted octanol–water partition coefficient (Wildman–Crippen LogP) is 4.99. The predicted molar refractivity (Wildman–Crippen MR) is 125 cm³/mol. The van der Waals surface area contributed by atoms with E-state index in [-0.39, 0.29) is 30.2 Å². The van der Waals surface area contributed by atoms with Crippen LogP contribution in [0, 0.1) is 5.82 Å². The third-order valence-corrected chi connectivity index (χ3v) is 6.38. The Morgan fingerprint density at radius 1 is 1.03 bits per heavy atom. The molecule has 6 heteroatoms. The number of amides is 2. The number of rotatable bonds is 10. The minimum Gasteiger partial charge on any atom is -0.345 e. The molecule has 174 valence electrons. The monoisotopic (exact) mass is 441 g/mol. The van der Waals surface area contributed by atoms with Gasteiger partial charge in [-0.05, 0) is 56.0 Å². The Balaban J connectivity index is 1.76. The van der Waals surface area contributed by atoms with Crippen LogP contribution in [0.3, 0.4) is 0 Å². The van der Waals surface area contributed by atoms with Crippen molar-refractivity contribution in [2.45, 2.75) is 77.9 Å². The maximum Gasteiger partial charge on any atom is 0.242 e. The molecule has 0 bridgehead atoms. The molecule has 0 aliphatic heterocycles. The first-order chi connectivity index (χ1) is 15.5. The molecule has 1 fully saturated rings. The van der Waals surface area contributed by atoms with E-state index < -0.39 is 0 Å². The summed E-state index contributed by atoms with van der Waals surface area (Å²) in [5, 5.41) is 0. The molecular weight excluding hydrogens is 405 g/mol. The molecule has 0 radical (unpaired) electrons. The van der Waals surface area contributed by atoms with Gasteiger partial charge in [-0.2, -0.15) is 0 Å². The molecule has 2 aromatic rings. The first-order valence-electron chi connectivity index (χ1n) is 12.0. The number of carbonyl (C=O) groups excluding carboxylic acids is 2. The standard InChI is InChI=1S/C26H36FN3O2/c1-3-9-25(31)28(4-2)20-26(32)30(23-10-6-5-7-11-23)19-24-12-8-17-29(24)18-21-13-15-22(27)16-14-21/h8,12-17,23H,3-7,9-11,18-20H2,1-2H3. The van der Waals surface area contributed by atoms with Crippen molar-refractivity contribution in [3.8, 4) is 0 Å². The molecule has 5 nitrogen and oxygen atoms in total. The van der Waals surface area contributed by atoms with Crippen molar-refractivity contribution in [3.05, 3.63) is 59.7 Å². The third-order valence-electron chi connectivity index (χ3n) is 6.38. The minimum atomic E-state index is -0.242. The first kappa shape index (κ1) is 24.0. The summed E-state index contributed by atoms with van der Waals surface area (Å²) >= 11 is 0. The lowest BCUT2D eigenvalue weighted by molar-refractivity contribution is -0.142. The van der Waals surface area contributed by atoms with Crippen LogP contribution in [-0.2, 0) is 22.7 Å². The van der Waals surface area contributed by atoms with Crippen molar-refractivity contribution < 1.29 is 14.0 Å². The Bertz CT molecular complexity index is 871. The van der Waals surface area contributed by atoms with Crippen LogP contribution in [0.2, 0.25) is 0 Å². The fourth-order valence-corrected chi connectivity index (χ4v) is 4.52. The number of halogens is 1. The van der Waals surface area contributed by atoms with Gasteiger partial charge in [0, 0.05) is 37.4 Å². The maximum atomic E-state index is 13.4. The quantitative estimate of drug-likeness (QED) is 0.522. The van der Waals surface area contributed by atoms with Gasteiger partial charge in [0.25, 0.3) is 0 Å². The van der Waals surface area contributed by atoms with Gasteiger partial charge in [0.2, 0.25) is 11.8 Å². The first-order valence-corrected chi connectivity index (χ1v) is 12.0. The van der Waals surface area contributed by atoms with Crippen LogP contribution in [0.1, 0.15) is 70.1 Å². The summed E-state index contributed by atoms with van der Waals surface area (Å²) < 4.78 is 15.4. The number of nitrogens with zero attached hydrogens (tertiary/aromatic N) is 3. The lowest BCUT2D eigenvalue weighted by Gasteiger charge is -2.36. The molecule has 1 aromatic heterocycles. The Morgan fingerprint density at radius 2 is 1.75 bits per heavy atom. The topological polar surface area (TPSA) is 45.6 Å². The molecule has 0 N–H and O–H groups in total. The molecule has 2 amide bonds. The van der Waals surface area contributed by atoms with E-state index in [0.29, 0.717) is 26.1 Å². The molecule has 1 aliphatic rings. The van der Waals surface area contributed by atoms with Gasteiger partial charge in [-0.25, -0.2) is 4.39 Å². The van der Waals surface area contributed by atoms with Crippen LogP contribution in [0.4, 0.5) is 4.39 Å². The second-order valence-electron chi connectivity index (χ2n) is 8.73. The Labute approximate surface area is 191 Å². The SMILES string of the molecule is CCCC(=O)N(CC)CC(=O)N(Cc1cccn1Cc1ccc(F)cc1)C1CCCCC1. The lowest BCUT2D eigenvalue weighted by atomic mass is 9.94. The zero-order valence-electron chi connectivity index (χ0n) is 19.4. The summed E-state index contributed by atoms with van der Waals surface area (Å²) in [6.45, 7) is 5.76. The average molecular weight is 442 g/mol. The highest BCUT2D eigenvalue weighted by Gasteiger charge is 2.28. The fourth-order valence-electron chi connectivity index (χ4n) is 4.52. The van der Waals surface area contributed by atoms with E-state index in [4.69, 9.17) is 0 Å². The molecule has 32 heavy (non-hydrogen) atoms. The van der Waals surface area contributed by atoms with E-state index in [1.54, 1.807) is 17.0 Å². The Morgan fingerprint density at radius 3 is 2.41 bits per heavy atom. The molecule has 0 atom stereocenters. The zero-order valence-corrected chi connectivity index (χ0v) is 19.4. The smallest absolute Gasteiger partial charge is 0.242 e. The van der Waals surface area contributed by atoms with E-state index in [2.05, 4.69) is 4.57 Å². The van der Waals surface area contributed by atoms with Crippen LogP contribution < -0.4 is 0 Å². The highest BCUT2D eigenvalue weighted by molar-refractivity contribution is 5.85. The van der Waals surface area contributed by atoms with Gasteiger partial charge in [-0.15, -0.1) is 0 Å². The normalized spacial score (nSPS) is 14.3. The summed E-state index contributed by atoms with van der Waals surface area (Å²) in [7, 11) is 0. The number of carbonyl (C=O) groups is 2. The largest absolute Gasteiger partial charge is 0.345 e. The van der Waals surface area contributed by atoms with Gasteiger partial charge in [-0.3, -0.25) is 9.59 Å². The van der Waals surface area contributed by atoms with Crippen molar-refractivity contribution in [3.63, 3.8) is 0 Å². The summed E-state index contributed by atoms with van der Waals surface area (Å²) in [6, 6.07) is 10.8. The van der Waals surface area contributed by atoms with Crippen LogP contribution in [0.5, 0.6) is 0 Å². The Hall–Kier alpha value is -2.63. The van der Waals surface area contributed by atoms with Gasteiger partial charge in [0.15, 0.2) is 0 Å². The molecule has 1 aliphatic carbocycles. The van der Waals surface area contributed by atoms with E-state index in [0.717, 1.165) is 43.4 Å². The number of likely N-dealkylation sites (N-methyl/N-ethyl adjacent to an activating group) is 1. The average Bonchev–Trinajstić information content (AvgIpc) is 3.24. The molecule has 3 rings (SSSR count). The Kier molecular flexibility index (Phi) is 8.89. The van der Waals surface area contributed by atoms with E-state index in [1.807, 2.05) is 37.1 Å². The van der Waals surface area contributed by atoms with Crippen LogP contribution >= 0.6 is 0 Å². The highest BCUT2D eigenvalue weighted by Crippen LogP contribution is 2.25. The maximum absolute atomic E-state index is 13.4. The van der Waals surface area contributed by atoms with Crippen molar-refractivity contribution in [1.29, 1.82) is 0 Å². The summed E-state index contributed by atoms with van der Waals surface area (Å²) in [4.78, 5) is 29.5. The molecule has 1 saturated carbocycles. The van der Waals surface area contributed by atoms with E-state index >= 15 is 0 Å². The van der Waals surface area contributed by atoms with Crippen LogP contribution in [-0.4, -0.2) is 45.3 Å². The molecular formula is C26H36FN3O2. The summed E-state index contributed by atoms with van der Waals surface area (Å²) in [6.07, 6.45) is 8.78. The summed E-state index contributed by atoms with van der Waals surface area (Å²) in [5.41, 5.74) is 2.07. The van der Waals surface area contributed by atoms with Crippen molar-refractivity contribution in [2.24, 2.45) is 0 Å². The number of hydrogen-bond acceptors (Lipinski definition) is 2. The van der Waals surface area contributed by atoms with Gasteiger partial charge in [0.1, 0.15) is 5.82 Å². The second kappa shape index (κ2) is 11.8. The highest BCUT2D eigenvalue weighted by atomic mass is 19.1.